The summed E-state index contributed by atoms with van der Waals surface area (Å²) in [4.78, 5) is 0. The van der Waals surface area contributed by atoms with Gasteiger partial charge in [-0.25, -0.2) is 0 Å². The van der Waals surface area contributed by atoms with E-state index in [1.807, 2.05) is 6.92 Å². The van der Waals surface area contributed by atoms with Crippen molar-refractivity contribution in [3.63, 3.8) is 0 Å². The molecule has 2 nitrogen and oxygen atoms in total. The molecule has 22 heavy (non-hydrogen) atoms. The maximum atomic E-state index is 8.36. The molecule has 0 saturated heterocycles. The fraction of sp³-hybridized carbons (Fsp3) is 1.00. The molecular formula is C20H45NO. The lowest BCUT2D eigenvalue weighted by molar-refractivity contribution is 0.191. The van der Waals surface area contributed by atoms with Gasteiger partial charge >= 0.3 is 0 Å². The Balaban J connectivity index is 0. The molecule has 0 amide bonds. The summed E-state index contributed by atoms with van der Waals surface area (Å²) in [6.07, 6.45) is 20.6. The fourth-order valence-corrected chi connectivity index (χ4v) is 2.34. The highest BCUT2D eigenvalue weighted by Gasteiger charge is 1.93. The van der Waals surface area contributed by atoms with E-state index in [4.69, 9.17) is 10.8 Å². The second-order valence-electron chi connectivity index (χ2n) is 6.64. The zero-order chi connectivity index (χ0) is 16.9. The van der Waals surface area contributed by atoms with Crippen molar-refractivity contribution in [3.05, 3.63) is 0 Å². The third-order valence-electron chi connectivity index (χ3n) is 4.15. The Hall–Kier alpha value is -0.0800. The smallest absolute Gasteiger partial charge is 0.0509 e. The van der Waals surface area contributed by atoms with Crippen LogP contribution in [0.25, 0.3) is 0 Å². The Morgan fingerprint density at radius 3 is 1.14 bits per heavy atom. The van der Waals surface area contributed by atoms with Crippen LogP contribution in [-0.4, -0.2) is 17.8 Å². The van der Waals surface area contributed by atoms with Crippen molar-refractivity contribution >= 4 is 0 Å². The fourth-order valence-electron chi connectivity index (χ4n) is 2.34. The minimum absolute atomic E-state index is 0.116. The summed E-state index contributed by atoms with van der Waals surface area (Å²) in [5.41, 5.74) is 5.47. The first-order valence-corrected chi connectivity index (χ1v) is 10.1. The lowest BCUT2D eigenvalue weighted by Crippen LogP contribution is -1.97. The highest BCUT2D eigenvalue weighted by atomic mass is 16.3. The number of nitrogens with two attached hydrogens (primary N) is 1. The molecular weight excluding hydrogens is 270 g/mol. The molecule has 0 spiro atoms. The first kappa shape index (κ1) is 24.2. The van der Waals surface area contributed by atoms with Gasteiger partial charge < -0.3 is 10.8 Å². The van der Waals surface area contributed by atoms with Gasteiger partial charge in [-0.1, -0.05) is 97.3 Å². The van der Waals surface area contributed by atoms with Crippen molar-refractivity contribution in [1.82, 2.24) is 0 Å². The third kappa shape index (κ3) is 28.1. The van der Waals surface area contributed by atoms with Gasteiger partial charge in [-0.2, -0.15) is 0 Å². The van der Waals surface area contributed by atoms with Crippen molar-refractivity contribution in [2.45, 2.75) is 123 Å². The highest BCUT2D eigenvalue weighted by Crippen LogP contribution is 2.12. The van der Waals surface area contributed by atoms with E-state index >= 15 is 0 Å². The van der Waals surface area contributed by atoms with Crippen LogP contribution in [-0.2, 0) is 0 Å². The van der Waals surface area contributed by atoms with E-state index in [1.54, 1.807) is 6.92 Å². The molecule has 3 N–H and O–H groups in total. The van der Waals surface area contributed by atoms with E-state index in [-0.39, 0.29) is 6.10 Å². The van der Waals surface area contributed by atoms with Gasteiger partial charge in [0.05, 0.1) is 6.10 Å². The molecule has 1 atom stereocenters. The standard InChI is InChI=1S/C16H35N.C4H10O/c1-2-3-4-5-6-7-8-9-10-11-12-13-14-15-16-17;1-3-4(2)5/h2-17H2,1H3;4-5H,3H2,1-2H3. The average Bonchev–Trinajstić information content (AvgIpc) is 2.52. The second kappa shape index (κ2) is 23.2. The van der Waals surface area contributed by atoms with Crippen LogP contribution in [0.4, 0.5) is 0 Å². The zero-order valence-corrected chi connectivity index (χ0v) is 15.9. The molecule has 0 aliphatic carbocycles. The van der Waals surface area contributed by atoms with Crippen molar-refractivity contribution in [2.24, 2.45) is 5.73 Å². The summed E-state index contributed by atoms with van der Waals surface area (Å²) in [6, 6.07) is 0. The number of rotatable bonds is 15. The molecule has 0 rings (SSSR count). The van der Waals surface area contributed by atoms with E-state index < -0.39 is 0 Å². The largest absolute Gasteiger partial charge is 0.393 e. The van der Waals surface area contributed by atoms with Crippen LogP contribution < -0.4 is 5.73 Å². The molecule has 0 aliphatic heterocycles. The van der Waals surface area contributed by atoms with Crippen molar-refractivity contribution in [1.29, 1.82) is 0 Å². The Morgan fingerprint density at radius 2 is 0.909 bits per heavy atom. The molecule has 0 fully saturated rings. The molecule has 0 heterocycles. The van der Waals surface area contributed by atoms with Crippen LogP contribution in [0, 0.1) is 0 Å². The normalized spacial score (nSPS) is 11.9. The third-order valence-corrected chi connectivity index (χ3v) is 4.15. The van der Waals surface area contributed by atoms with E-state index in [0.29, 0.717) is 0 Å². The number of hydrogen-bond acceptors (Lipinski definition) is 2. The van der Waals surface area contributed by atoms with Crippen LogP contribution in [0.5, 0.6) is 0 Å². The van der Waals surface area contributed by atoms with Gasteiger partial charge in [0.25, 0.3) is 0 Å². The molecule has 0 aliphatic rings. The summed E-state index contributed by atoms with van der Waals surface area (Å²) in [7, 11) is 0. The molecule has 0 aromatic rings. The van der Waals surface area contributed by atoms with Gasteiger partial charge in [0.2, 0.25) is 0 Å². The molecule has 0 bridgehead atoms. The number of aliphatic hydroxyl groups excluding tert-OH is 1. The first-order chi connectivity index (χ1) is 10.7. The molecule has 2 heteroatoms. The van der Waals surface area contributed by atoms with Crippen LogP contribution >= 0.6 is 0 Å². The predicted molar refractivity (Wildman–Crippen MR) is 101 cm³/mol. The summed E-state index contributed by atoms with van der Waals surface area (Å²) < 4.78 is 0. The van der Waals surface area contributed by atoms with Crippen LogP contribution in [0.1, 0.15) is 117 Å². The summed E-state index contributed by atoms with van der Waals surface area (Å²) in [5, 5.41) is 8.36. The summed E-state index contributed by atoms with van der Waals surface area (Å²) in [6.45, 7) is 6.89. The lowest BCUT2D eigenvalue weighted by Gasteiger charge is -2.02. The Kier molecular flexibility index (Phi) is 25.5. The monoisotopic (exact) mass is 315 g/mol. The molecule has 0 aromatic heterocycles. The Bertz CT molecular complexity index is 157. The van der Waals surface area contributed by atoms with Crippen molar-refractivity contribution < 1.29 is 5.11 Å². The zero-order valence-electron chi connectivity index (χ0n) is 15.9. The molecule has 1 unspecified atom stereocenters. The van der Waals surface area contributed by atoms with E-state index in [1.165, 1.54) is 89.9 Å². The van der Waals surface area contributed by atoms with Crippen LogP contribution in [0.2, 0.25) is 0 Å². The van der Waals surface area contributed by atoms with Crippen LogP contribution in [0.3, 0.4) is 0 Å². The quantitative estimate of drug-likeness (QED) is 0.353. The number of unbranched alkanes of at least 4 members (excludes halogenated alkanes) is 13. The van der Waals surface area contributed by atoms with E-state index in [2.05, 4.69) is 6.92 Å². The van der Waals surface area contributed by atoms with Gasteiger partial charge in [-0.3, -0.25) is 0 Å². The maximum Gasteiger partial charge on any atom is 0.0509 e. The van der Waals surface area contributed by atoms with Crippen LogP contribution in [0.15, 0.2) is 0 Å². The Labute approximate surface area is 141 Å². The van der Waals surface area contributed by atoms with Gasteiger partial charge in [0.15, 0.2) is 0 Å². The lowest BCUT2D eigenvalue weighted by atomic mass is 10.0. The van der Waals surface area contributed by atoms with E-state index in [0.717, 1.165) is 13.0 Å². The SMILES string of the molecule is CCC(C)O.CCCCCCCCCCCCCCCCN. The minimum atomic E-state index is -0.116. The van der Waals surface area contributed by atoms with Gasteiger partial charge in [0, 0.05) is 0 Å². The van der Waals surface area contributed by atoms with E-state index in [9.17, 15) is 0 Å². The molecule has 0 radical (unpaired) electrons. The molecule has 0 saturated carbocycles. The molecule has 136 valence electrons. The van der Waals surface area contributed by atoms with Crippen molar-refractivity contribution in [2.75, 3.05) is 6.54 Å². The minimum Gasteiger partial charge on any atom is -0.393 e. The molecule has 0 aromatic carbocycles. The first-order valence-electron chi connectivity index (χ1n) is 10.1. The van der Waals surface area contributed by atoms with Gasteiger partial charge in [0.1, 0.15) is 0 Å². The summed E-state index contributed by atoms with van der Waals surface area (Å²) in [5.74, 6) is 0. The average molecular weight is 316 g/mol. The Morgan fingerprint density at radius 1 is 0.636 bits per heavy atom. The van der Waals surface area contributed by atoms with Crippen molar-refractivity contribution in [3.8, 4) is 0 Å². The highest BCUT2D eigenvalue weighted by molar-refractivity contribution is 4.49. The second-order valence-corrected chi connectivity index (χ2v) is 6.64. The van der Waals surface area contributed by atoms with Gasteiger partial charge in [-0.05, 0) is 26.3 Å². The summed E-state index contributed by atoms with van der Waals surface area (Å²) >= 11 is 0. The number of hydrogen-bond donors (Lipinski definition) is 2. The maximum absolute atomic E-state index is 8.36. The number of aliphatic hydroxyl groups is 1. The topological polar surface area (TPSA) is 46.2 Å². The van der Waals surface area contributed by atoms with Gasteiger partial charge in [-0.15, -0.1) is 0 Å². The predicted octanol–water partition coefficient (Wildman–Crippen LogP) is 6.20.